The molecule has 4 heteroatoms. The monoisotopic (exact) mass is 253 g/mol. The van der Waals surface area contributed by atoms with E-state index in [0.29, 0.717) is 0 Å². The number of nitrogens with one attached hydrogen (secondary N) is 1. The zero-order valence-corrected chi connectivity index (χ0v) is 12.3. The highest BCUT2D eigenvalue weighted by molar-refractivity contribution is 7.98. The summed E-state index contributed by atoms with van der Waals surface area (Å²) in [4.78, 5) is 9.12. The molecule has 1 N–H and O–H groups in total. The number of anilines is 1. The van der Waals surface area contributed by atoms with Crippen LogP contribution in [-0.2, 0) is 5.75 Å². The van der Waals surface area contributed by atoms with E-state index < -0.39 is 0 Å². The van der Waals surface area contributed by atoms with Gasteiger partial charge >= 0.3 is 0 Å². The van der Waals surface area contributed by atoms with Gasteiger partial charge in [-0.05, 0) is 32.4 Å². The minimum atomic E-state index is 0.722. The summed E-state index contributed by atoms with van der Waals surface area (Å²) in [5.41, 5.74) is 2.24. The normalized spacial score (nSPS) is 10.9. The third-order valence-electron chi connectivity index (χ3n) is 2.46. The molecule has 0 saturated carbocycles. The molecule has 1 aromatic rings. The minimum absolute atomic E-state index is 0.722. The molecule has 1 aromatic heterocycles. The topological polar surface area (TPSA) is 37.8 Å². The van der Waals surface area contributed by atoms with Crippen LogP contribution in [0, 0.1) is 19.8 Å². The van der Waals surface area contributed by atoms with Gasteiger partial charge in [-0.1, -0.05) is 13.8 Å². The standard InChI is InChI=1S/C13H23N3S/c1-6-14-13-10(4)11(5)15-12(16-13)8-17-7-9(2)3/h9H,6-8H2,1-5H3,(H,14,15,16). The molecule has 0 fully saturated rings. The summed E-state index contributed by atoms with van der Waals surface area (Å²) in [6.07, 6.45) is 0. The number of rotatable bonds is 6. The average Bonchev–Trinajstić information content (AvgIpc) is 2.25. The van der Waals surface area contributed by atoms with Crippen molar-refractivity contribution in [3.05, 3.63) is 17.1 Å². The number of aryl methyl sites for hydroxylation is 1. The van der Waals surface area contributed by atoms with Gasteiger partial charge in [0.05, 0.1) is 5.75 Å². The van der Waals surface area contributed by atoms with Gasteiger partial charge in [-0.2, -0.15) is 11.8 Å². The van der Waals surface area contributed by atoms with E-state index in [1.165, 1.54) is 0 Å². The predicted octanol–water partition coefficient (Wildman–Crippen LogP) is 3.41. The van der Waals surface area contributed by atoms with Crippen LogP contribution in [0.4, 0.5) is 5.82 Å². The summed E-state index contributed by atoms with van der Waals surface area (Å²) in [5, 5.41) is 3.30. The van der Waals surface area contributed by atoms with E-state index in [9.17, 15) is 0 Å². The lowest BCUT2D eigenvalue weighted by Crippen LogP contribution is -2.07. The Morgan fingerprint density at radius 2 is 1.94 bits per heavy atom. The van der Waals surface area contributed by atoms with Crippen LogP contribution >= 0.6 is 11.8 Å². The van der Waals surface area contributed by atoms with E-state index in [2.05, 4.69) is 49.9 Å². The van der Waals surface area contributed by atoms with Gasteiger partial charge in [0.2, 0.25) is 0 Å². The van der Waals surface area contributed by atoms with Crippen LogP contribution in [0.25, 0.3) is 0 Å². The summed E-state index contributed by atoms with van der Waals surface area (Å²) >= 11 is 1.90. The highest BCUT2D eigenvalue weighted by Crippen LogP contribution is 2.18. The van der Waals surface area contributed by atoms with Gasteiger partial charge in [-0.25, -0.2) is 9.97 Å². The summed E-state index contributed by atoms with van der Waals surface area (Å²) in [6.45, 7) is 11.6. The summed E-state index contributed by atoms with van der Waals surface area (Å²) in [5.74, 6) is 4.71. The Hall–Kier alpha value is -0.770. The second-order valence-corrected chi connectivity index (χ2v) is 5.67. The van der Waals surface area contributed by atoms with Crippen molar-refractivity contribution in [1.82, 2.24) is 9.97 Å². The number of hydrogen-bond acceptors (Lipinski definition) is 4. The second kappa shape index (κ2) is 6.84. The van der Waals surface area contributed by atoms with Gasteiger partial charge in [-0.15, -0.1) is 0 Å². The smallest absolute Gasteiger partial charge is 0.140 e. The second-order valence-electron chi connectivity index (χ2n) is 4.64. The molecule has 1 rings (SSSR count). The van der Waals surface area contributed by atoms with E-state index in [1.54, 1.807) is 0 Å². The lowest BCUT2D eigenvalue weighted by molar-refractivity contribution is 0.749. The fourth-order valence-corrected chi connectivity index (χ4v) is 2.38. The summed E-state index contributed by atoms with van der Waals surface area (Å²) < 4.78 is 0. The highest BCUT2D eigenvalue weighted by Gasteiger charge is 2.07. The summed E-state index contributed by atoms with van der Waals surface area (Å²) in [6, 6.07) is 0. The molecule has 3 nitrogen and oxygen atoms in total. The first-order chi connectivity index (χ1) is 8.04. The first kappa shape index (κ1) is 14.3. The zero-order valence-electron chi connectivity index (χ0n) is 11.5. The molecule has 0 spiro atoms. The maximum atomic E-state index is 4.58. The lowest BCUT2D eigenvalue weighted by Gasteiger charge is -2.11. The number of thioether (sulfide) groups is 1. The Morgan fingerprint density at radius 1 is 1.24 bits per heavy atom. The van der Waals surface area contributed by atoms with Crippen molar-refractivity contribution in [3.63, 3.8) is 0 Å². The minimum Gasteiger partial charge on any atom is -0.370 e. The molecule has 0 aliphatic rings. The number of hydrogen-bond donors (Lipinski definition) is 1. The molecule has 96 valence electrons. The molecule has 0 radical (unpaired) electrons. The van der Waals surface area contributed by atoms with Gasteiger partial charge in [0.1, 0.15) is 11.6 Å². The van der Waals surface area contributed by atoms with Crippen molar-refractivity contribution >= 4 is 17.6 Å². The molecule has 0 aromatic carbocycles. The fourth-order valence-electron chi connectivity index (χ4n) is 1.48. The average molecular weight is 253 g/mol. The van der Waals surface area contributed by atoms with E-state index >= 15 is 0 Å². The molecule has 17 heavy (non-hydrogen) atoms. The Kier molecular flexibility index (Phi) is 5.75. The third kappa shape index (κ3) is 4.54. The molecule has 0 saturated heterocycles. The van der Waals surface area contributed by atoms with Crippen molar-refractivity contribution in [2.45, 2.75) is 40.4 Å². The van der Waals surface area contributed by atoms with Crippen LogP contribution in [0.15, 0.2) is 0 Å². The molecule has 0 atom stereocenters. The van der Waals surface area contributed by atoms with Gasteiger partial charge in [0.15, 0.2) is 0 Å². The van der Waals surface area contributed by atoms with Crippen molar-refractivity contribution < 1.29 is 0 Å². The van der Waals surface area contributed by atoms with Crippen LogP contribution in [0.2, 0.25) is 0 Å². The maximum Gasteiger partial charge on any atom is 0.140 e. The largest absolute Gasteiger partial charge is 0.370 e. The van der Waals surface area contributed by atoms with Gasteiger partial charge in [0.25, 0.3) is 0 Å². The van der Waals surface area contributed by atoms with Crippen molar-refractivity contribution in [1.29, 1.82) is 0 Å². The van der Waals surface area contributed by atoms with Gasteiger partial charge in [0, 0.05) is 17.8 Å². The molecule has 1 heterocycles. The molecule has 0 bridgehead atoms. The third-order valence-corrected chi connectivity index (χ3v) is 3.83. The van der Waals surface area contributed by atoms with Crippen LogP contribution in [-0.4, -0.2) is 22.3 Å². The Bertz CT molecular complexity index is 364. The van der Waals surface area contributed by atoms with Crippen molar-refractivity contribution in [3.8, 4) is 0 Å². The van der Waals surface area contributed by atoms with Gasteiger partial charge in [-0.3, -0.25) is 0 Å². The van der Waals surface area contributed by atoms with Crippen LogP contribution in [0.1, 0.15) is 37.9 Å². The number of nitrogens with zero attached hydrogens (tertiary/aromatic N) is 2. The van der Waals surface area contributed by atoms with Crippen LogP contribution in [0.3, 0.4) is 0 Å². The first-order valence-corrected chi connectivity index (χ1v) is 7.35. The highest BCUT2D eigenvalue weighted by atomic mass is 32.2. The predicted molar refractivity (Wildman–Crippen MR) is 76.7 cm³/mol. The Labute approximate surface area is 109 Å². The first-order valence-electron chi connectivity index (χ1n) is 6.20. The van der Waals surface area contributed by atoms with Gasteiger partial charge < -0.3 is 5.32 Å². The zero-order chi connectivity index (χ0) is 12.8. The summed E-state index contributed by atoms with van der Waals surface area (Å²) in [7, 11) is 0. The fraction of sp³-hybridized carbons (Fsp3) is 0.692. The van der Waals surface area contributed by atoms with Crippen molar-refractivity contribution in [2.24, 2.45) is 5.92 Å². The van der Waals surface area contributed by atoms with E-state index in [4.69, 9.17) is 0 Å². The number of aromatic nitrogens is 2. The lowest BCUT2D eigenvalue weighted by atomic mass is 10.2. The molecular formula is C13H23N3S. The van der Waals surface area contributed by atoms with E-state index in [0.717, 1.165) is 46.9 Å². The van der Waals surface area contributed by atoms with Crippen LogP contribution in [0.5, 0.6) is 0 Å². The van der Waals surface area contributed by atoms with Crippen molar-refractivity contribution in [2.75, 3.05) is 17.6 Å². The molecule has 0 aliphatic heterocycles. The molecule has 0 unspecified atom stereocenters. The molecule has 0 aliphatic carbocycles. The van der Waals surface area contributed by atoms with Crippen LogP contribution < -0.4 is 5.32 Å². The Morgan fingerprint density at radius 3 is 2.53 bits per heavy atom. The Balaban J connectivity index is 2.72. The van der Waals surface area contributed by atoms with E-state index in [-0.39, 0.29) is 0 Å². The maximum absolute atomic E-state index is 4.58. The SMILES string of the molecule is CCNc1nc(CSCC(C)C)nc(C)c1C. The quantitative estimate of drug-likeness (QED) is 0.843. The molecular weight excluding hydrogens is 230 g/mol. The van der Waals surface area contributed by atoms with E-state index in [1.807, 2.05) is 11.8 Å². The molecule has 0 amide bonds.